The summed E-state index contributed by atoms with van der Waals surface area (Å²) in [4.78, 5) is 0. The van der Waals surface area contributed by atoms with Crippen molar-refractivity contribution in [1.82, 2.24) is 5.32 Å². The average Bonchev–Trinajstić information content (AvgIpc) is 2.27. The Balaban J connectivity index is 2.02. The van der Waals surface area contributed by atoms with E-state index in [0.717, 1.165) is 28.4 Å². The van der Waals surface area contributed by atoms with Crippen molar-refractivity contribution in [3.63, 3.8) is 0 Å². The van der Waals surface area contributed by atoms with Gasteiger partial charge in [-0.1, -0.05) is 37.9 Å². The molecule has 2 atom stereocenters. The Hall–Kier alpha value is 0.1000. The van der Waals surface area contributed by atoms with Gasteiger partial charge in [0.05, 0.1) is 5.60 Å². The first-order chi connectivity index (χ1) is 8.87. The van der Waals surface area contributed by atoms with Crippen molar-refractivity contribution in [1.29, 1.82) is 0 Å². The van der Waals surface area contributed by atoms with Crippen LogP contribution in [-0.4, -0.2) is 18.2 Å². The molecule has 4 heteroatoms. The number of halogens is 2. The zero-order valence-corrected chi connectivity index (χ0v) is 14.8. The van der Waals surface area contributed by atoms with Gasteiger partial charge in [-0.05, 0) is 51.3 Å². The molecule has 0 bridgehead atoms. The van der Waals surface area contributed by atoms with Crippen LogP contribution in [0.15, 0.2) is 27.1 Å². The summed E-state index contributed by atoms with van der Waals surface area (Å²) in [7, 11) is 0. The van der Waals surface area contributed by atoms with Crippen molar-refractivity contribution >= 4 is 31.9 Å². The number of ether oxygens (including phenoxy) is 1. The highest BCUT2D eigenvalue weighted by atomic mass is 79.9. The Bertz CT molecular complexity index is 448. The predicted octanol–water partition coefficient (Wildman–Crippen LogP) is 4.82. The van der Waals surface area contributed by atoms with Crippen LogP contribution in [0, 0.1) is 0 Å². The van der Waals surface area contributed by atoms with Crippen molar-refractivity contribution in [2.24, 2.45) is 0 Å². The molecular weight excluding hydrogens is 370 g/mol. The molecule has 1 N–H and O–H groups in total. The molecule has 1 aliphatic rings. The minimum atomic E-state index is -0.00736. The molecule has 0 saturated carbocycles. The van der Waals surface area contributed by atoms with E-state index in [1.54, 1.807) is 0 Å². The van der Waals surface area contributed by atoms with Gasteiger partial charge in [0, 0.05) is 27.6 Å². The van der Waals surface area contributed by atoms with Crippen LogP contribution >= 0.6 is 31.9 Å². The van der Waals surface area contributed by atoms with Crippen molar-refractivity contribution < 1.29 is 4.74 Å². The molecule has 1 aromatic carbocycles. The van der Waals surface area contributed by atoms with Crippen LogP contribution in [-0.2, 0) is 4.74 Å². The summed E-state index contributed by atoms with van der Waals surface area (Å²) >= 11 is 7.13. The second-order valence-corrected chi connectivity index (χ2v) is 7.62. The van der Waals surface area contributed by atoms with Crippen LogP contribution < -0.4 is 5.32 Å². The summed E-state index contributed by atoms with van der Waals surface area (Å²) in [6, 6.07) is 7.21. The van der Waals surface area contributed by atoms with Gasteiger partial charge in [-0.2, -0.15) is 0 Å². The van der Waals surface area contributed by atoms with Gasteiger partial charge in [-0.25, -0.2) is 0 Å². The fourth-order valence-electron chi connectivity index (χ4n) is 2.67. The fraction of sp³-hybridized carbons (Fsp3) is 0.600. The van der Waals surface area contributed by atoms with Crippen LogP contribution in [0.4, 0.5) is 0 Å². The Morgan fingerprint density at radius 1 is 1.37 bits per heavy atom. The first-order valence-corrected chi connectivity index (χ1v) is 8.31. The smallest absolute Gasteiger partial charge is 0.0641 e. The zero-order valence-electron chi connectivity index (χ0n) is 11.7. The van der Waals surface area contributed by atoms with Crippen LogP contribution in [0.3, 0.4) is 0 Å². The molecule has 19 heavy (non-hydrogen) atoms. The van der Waals surface area contributed by atoms with Gasteiger partial charge in [0.1, 0.15) is 0 Å². The van der Waals surface area contributed by atoms with Gasteiger partial charge in [-0.3, -0.25) is 0 Å². The highest BCUT2D eigenvalue weighted by molar-refractivity contribution is 9.11. The molecule has 0 spiro atoms. The Morgan fingerprint density at radius 3 is 2.74 bits per heavy atom. The van der Waals surface area contributed by atoms with E-state index < -0.39 is 0 Å². The highest BCUT2D eigenvalue weighted by Crippen LogP contribution is 2.29. The maximum absolute atomic E-state index is 5.77. The summed E-state index contributed by atoms with van der Waals surface area (Å²) in [5, 5.41) is 3.73. The number of nitrogens with one attached hydrogen (secondary N) is 1. The second-order valence-electron chi connectivity index (χ2n) is 5.85. The minimum Gasteiger partial charge on any atom is -0.375 e. The first kappa shape index (κ1) is 15.5. The maximum Gasteiger partial charge on any atom is 0.0641 e. The molecule has 1 aliphatic heterocycles. The minimum absolute atomic E-state index is 0.00736. The topological polar surface area (TPSA) is 21.3 Å². The van der Waals surface area contributed by atoms with Gasteiger partial charge >= 0.3 is 0 Å². The van der Waals surface area contributed by atoms with Crippen molar-refractivity contribution in [2.45, 2.75) is 51.3 Å². The van der Waals surface area contributed by atoms with Crippen molar-refractivity contribution in [3.8, 4) is 0 Å². The summed E-state index contributed by atoms with van der Waals surface area (Å²) in [6.07, 6.45) is 2.15. The quantitative estimate of drug-likeness (QED) is 0.798. The third-order valence-electron chi connectivity index (χ3n) is 3.61. The molecule has 0 aromatic heterocycles. The zero-order chi connectivity index (χ0) is 14.0. The highest BCUT2D eigenvalue weighted by Gasteiger charge is 2.29. The fourth-order valence-corrected chi connectivity index (χ4v) is 4.06. The van der Waals surface area contributed by atoms with Crippen LogP contribution in [0.25, 0.3) is 0 Å². The summed E-state index contributed by atoms with van der Waals surface area (Å²) in [6.45, 7) is 7.40. The third kappa shape index (κ3) is 4.28. The van der Waals surface area contributed by atoms with Crippen LogP contribution in [0.5, 0.6) is 0 Å². The van der Waals surface area contributed by atoms with E-state index in [1.165, 1.54) is 5.56 Å². The van der Waals surface area contributed by atoms with Gasteiger partial charge in [0.25, 0.3) is 0 Å². The van der Waals surface area contributed by atoms with E-state index in [4.69, 9.17) is 4.74 Å². The summed E-state index contributed by atoms with van der Waals surface area (Å²) in [5.41, 5.74) is 1.29. The number of rotatable bonds is 3. The number of hydrogen-bond acceptors (Lipinski definition) is 2. The summed E-state index contributed by atoms with van der Waals surface area (Å²) < 4.78 is 8.01. The molecule has 1 saturated heterocycles. The van der Waals surface area contributed by atoms with E-state index in [0.29, 0.717) is 12.1 Å². The number of hydrogen-bond donors (Lipinski definition) is 1. The lowest BCUT2D eigenvalue weighted by Gasteiger charge is -2.37. The lowest BCUT2D eigenvalue weighted by atomic mass is 9.93. The van der Waals surface area contributed by atoms with Gasteiger partial charge in [-0.15, -0.1) is 0 Å². The van der Waals surface area contributed by atoms with E-state index in [2.05, 4.69) is 76.1 Å². The molecule has 106 valence electrons. The monoisotopic (exact) mass is 389 g/mol. The van der Waals surface area contributed by atoms with Crippen LogP contribution in [0.1, 0.15) is 45.2 Å². The average molecular weight is 391 g/mol. The molecule has 0 aliphatic carbocycles. The molecule has 2 unspecified atom stereocenters. The molecule has 0 amide bonds. The third-order valence-corrected chi connectivity index (χ3v) is 4.79. The van der Waals surface area contributed by atoms with E-state index in [9.17, 15) is 0 Å². The molecule has 0 radical (unpaired) electrons. The Morgan fingerprint density at radius 2 is 2.11 bits per heavy atom. The summed E-state index contributed by atoms with van der Waals surface area (Å²) in [5.74, 6) is 0. The Kier molecular flexibility index (Phi) is 5.09. The van der Waals surface area contributed by atoms with Gasteiger partial charge in [0.2, 0.25) is 0 Å². The lowest BCUT2D eigenvalue weighted by Crippen LogP contribution is -2.44. The van der Waals surface area contributed by atoms with Gasteiger partial charge < -0.3 is 10.1 Å². The molecule has 1 aromatic rings. The van der Waals surface area contributed by atoms with E-state index in [-0.39, 0.29) is 5.60 Å². The maximum atomic E-state index is 5.77. The van der Waals surface area contributed by atoms with Crippen molar-refractivity contribution in [2.75, 3.05) is 6.61 Å². The predicted molar refractivity (Wildman–Crippen MR) is 86.4 cm³/mol. The van der Waals surface area contributed by atoms with Gasteiger partial charge in [0.15, 0.2) is 0 Å². The Labute approximate surface area is 132 Å². The largest absolute Gasteiger partial charge is 0.375 e. The first-order valence-electron chi connectivity index (χ1n) is 6.72. The molecule has 2 rings (SSSR count). The SMILES string of the molecule is CC(NC1CCOC(C)(C)C1)c1ccc(Br)cc1Br. The molecule has 1 fully saturated rings. The molecule has 2 nitrogen and oxygen atoms in total. The molecular formula is C15H21Br2NO. The van der Waals surface area contributed by atoms with Crippen LogP contribution in [0.2, 0.25) is 0 Å². The van der Waals surface area contributed by atoms with E-state index >= 15 is 0 Å². The normalized spacial score (nSPS) is 24.2. The molecule has 1 heterocycles. The lowest BCUT2D eigenvalue weighted by molar-refractivity contribution is -0.0640. The number of benzene rings is 1. The van der Waals surface area contributed by atoms with Crippen molar-refractivity contribution in [3.05, 3.63) is 32.7 Å². The second kappa shape index (κ2) is 6.25. The van der Waals surface area contributed by atoms with E-state index in [1.807, 2.05) is 0 Å². The standard InChI is InChI=1S/C15H21Br2NO/c1-10(13-5-4-11(16)8-14(13)17)18-12-6-7-19-15(2,3)9-12/h4-5,8,10,12,18H,6-7,9H2,1-3H3.